The second kappa shape index (κ2) is 18.1. The molecule has 4 nitrogen and oxygen atoms in total. The molecular weight excluding hydrogens is 433 g/mol. The van der Waals surface area contributed by atoms with Crippen LogP contribution < -0.4 is 0 Å². The molecule has 0 aromatic heterocycles. The average Bonchev–Trinajstić information content (AvgIpc) is 2.60. The van der Waals surface area contributed by atoms with E-state index in [2.05, 4.69) is 13.8 Å². The van der Waals surface area contributed by atoms with Crippen molar-refractivity contribution in [1.29, 1.82) is 0 Å². The van der Waals surface area contributed by atoms with E-state index in [9.17, 15) is 0 Å². The minimum atomic E-state index is -0.360. The molecular formula is C18H42O4S3Si2. The van der Waals surface area contributed by atoms with Gasteiger partial charge < -0.3 is 18.9 Å². The van der Waals surface area contributed by atoms with Crippen LogP contribution in [-0.2, 0) is 18.9 Å². The van der Waals surface area contributed by atoms with Gasteiger partial charge >= 0.3 is 0 Å². The van der Waals surface area contributed by atoms with Crippen molar-refractivity contribution in [2.24, 2.45) is 0 Å². The maximum absolute atomic E-state index is 5.82. The van der Waals surface area contributed by atoms with Gasteiger partial charge in [-0.3, -0.25) is 0 Å². The summed E-state index contributed by atoms with van der Waals surface area (Å²) in [4.78, 5) is 0. The molecule has 0 aromatic rings. The zero-order chi connectivity index (χ0) is 20.4. The predicted octanol–water partition coefficient (Wildman–Crippen LogP) is 4.46. The van der Waals surface area contributed by atoms with Gasteiger partial charge in [0.2, 0.25) is 0 Å². The largest absolute Gasteiger partial charge is 0.355 e. The lowest BCUT2D eigenvalue weighted by Gasteiger charge is -2.29. The van der Waals surface area contributed by atoms with Crippen LogP contribution in [0.3, 0.4) is 0 Å². The molecule has 0 rings (SSSR count). The van der Waals surface area contributed by atoms with Gasteiger partial charge in [-0.25, -0.2) is 0 Å². The van der Waals surface area contributed by atoms with E-state index in [1.807, 2.05) is 59.1 Å². The summed E-state index contributed by atoms with van der Waals surface area (Å²) in [6.45, 7) is 15.4. The Hall–Kier alpha value is 1.32. The molecule has 0 atom stereocenters. The summed E-state index contributed by atoms with van der Waals surface area (Å²) in [6, 6.07) is 2.57. The van der Waals surface area contributed by atoms with Crippen molar-refractivity contribution in [3.05, 3.63) is 0 Å². The Labute approximate surface area is 184 Å². The smallest absolute Gasteiger partial charge is 0.142 e. The van der Waals surface area contributed by atoms with Crippen LogP contribution in [0.4, 0.5) is 0 Å². The van der Waals surface area contributed by atoms with Gasteiger partial charge in [0.25, 0.3) is 0 Å². The molecule has 0 aliphatic heterocycles. The van der Waals surface area contributed by atoms with Gasteiger partial charge in [-0.1, -0.05) is 33.7 Å². The standard InChI is InChI=1S/C18H42O4S3Si2/c1-7-19-17(5,20-8-2)26-15-11-13-23-25-24-14-12-16-27-18(6,21-9-3)22-10-4/h7-16,26-27H2,1-6H3. The van der Waals surface area contributed by atoms with Crippen molar-refractivity contribution in [3.8, 4) is 0 Å². The Morgan fingerprint density at radius 3 is 1.26 bits per heavy atom. The molecule has 0 spiro atoms. The fourth-order valence-electron chi connectivity index (χ4n) is 2.91. The van der Waals surface area contributed by atoms with Gasteiger partial charge in [-0.2, -0.15) is 0 Å². The van der Waals surface area contributed by atoms with E-state index < -0.39 is 0 Å². The van der Waals surface area contributed by atoms with E-state index in [1.165, 1.54) is 36.4 Å². The number of ether oxygens (including phenoxy) is 4. The lowest BCUT2D eigenvalue weighted by atomic mass is 10.6. The van der Waals surface area contributed by atoms with Gasteiger partial charge in [0.15, 0.2) is 0 Å². The molecule has 0 saturated heterocycles. The zero-order valence-corrected chi connectivity index (χ0v) is 23.6. The van der Waals surface area contributed by atoms with Gasteiger partial charge in [0.1, 0.15) is 10.8 Å². The first-order chi connectivity index (χ1) is 12.9. The topological polar surface area (TPSA) is 36.9 Å². The van der Waals surface area contributed by atoms with Crippen LogP contribution in [0.2, 0.25) is 12.1 Å². The Morgan fingerprint density at radius 1 is 0.630 bits per heavy atom. The monoisotopic (exact) mass is 474 g/mol. The highest BCUT2D eigenvalue weighted by molar-refractivity contribution is 9.09. The molecule has 0 N–H and O–H groups in total. The molecule has 0 bridgehead atoms. The first kappa shape index (κ1) is 28.3. The molecule has 27 heavy (non-hydrogen) atoms. The summed E-state index contributed by atoms with van der Waals surface area (Å²) >= 11 is 0. The molecule has 164 valence electrons. The van der Waals surface area contributed by atoms with E-state index in [-0.39, 0.29) is 29.9 Å². The molecule has 0 aliphatic rings. The normalized spacial score (nSPS) is 13.6. The molecule has 0 amide bonds. The summed E-state index contributed by atoms with van der Waals surface area (Å²) in [5, 5.41) is 0. The maximum Gasteiger partial charge on any atom is 0.142 e. The van der Waals surface area contributed by atoms with E-state index in [0.717, 1.165) is 26.4 Å². The van der Waals surface area contributed by atoms with Crippen LogP contribution in [-0.4, -0.2) is 67.8 Å². The van der Waals surface area contributed by atoms with E-state index in [1.54, 1.807) is 0 Å². The molecule has 9 heteroatoms. The third kappa shape index (κ3) is 15.8. The first-order valence-electron chi connectivity index (χ1n) is 10.4. The van der Waals surface area contributed by atoms with Gasteiger partial charge in [0.05, 0.1) is 19.0 Å². The van der Waals surface area contributed by atoms with Crippen LogP contribution in [0, 0.1) is 0 Å². The van der Waals surface area contributed by atoms with Crippen molar-refractivity contribution in [3.63, 3.8) is 0 Å². The summed E-state index contributed by atoms with van der Waals surface area (Å²) in [5.74, 6) is 2.45. The van der Waals surface area contributed by atoms with Crippen LogP contribution in [0.1, 0.15) is 54.4 Å². The third-order valence-corrected chi connectivity index (χ3v) is 12.9. The summed E-state index contributed by atoms with van der Waals surface area (Å²) in [7, 11) is 5.22. The van der Waals surface area contributed by atoms with Gasteiger partial charge in [-0.15, -0.1) is 0 Å². The van der Waals surface area contributed by atoms with E-state index in [0.29, 0.717) is 0 Å². The fourth-order valence-corrected chi connectivity index (χ4v) is 11.3. The molecule has 0 aromatic carbocycles. The van der Waals surface area contributed by atoms with Gasteiger partial charge in [0, 0.05) is 37.9 Å². The molecule has 0 unspecified atom stereocenters. The number of hydrogen-bond acceptors (Lipinski definition) is 7. The predicted molar refractivity (Wildman–Crippen MR) is 132 cm³/mol. The Kier molecular flexibility index (Phi) is 19.0. The maximum atomic E-state index is 5.82. The Morgan fingerprint density at radius 2 is 0.963 bits per heavy atom. The minimum Gasteiger partial charge on any atom is -0.355 e. The minimum absolute atomic E-state index is 0.266. The third-order valence-electron chi connectivity index (χ3n) is 4.11. The lowest BCUT2D eigenvalue weighted by Crippen LogP contribution is -2.39. The molecule has 0 saturated carbocycles. The average molecular weight is 475 g/mol. The second-order valence-corrected chi connectivity index (χ2v) is 16.1. The second-order valence-electron chi connectivity index (χ2n) is 6.63. The lowest BCUT2D eigenvalue weighted by molar-refractivity contribution is -0.163. The first-order valence-corrected chi connectivity index (χ1v) is 17.7. The van der Waals surface area contributed by atoms with Crippen LogP contribution >= 0.6 is 31.4 Å². The van der Waals surface area contributed by atoms with Crippen molar-refractivity contribution >= 4 is 50.5 Å². The SMILES string of the molecule is CCOC(C)(OCC)[SiH2]CCCSSSCCC[SiH2]C(C)(OCC)OCC. The Balaban J connectivity index is 3.59. The highest BCUT2D eigenvalue weighted by atomic mass is 33.5. The van der Waals surface area contributed by atoms with Gasteiger partial charge in [-0.05, 0) is 64.2 Å². The highest BCUT2D eigenvalue weighted by Gasteiger charge is 2.25. The summed E-state index contributed by atoms with van der Waals surface area (Å²) in [5.41, 5.74) is -0.533. The highest BCUT2D eigenvalue weighted by Crippen LogP contribution is 2.35. The van der Waals surface area contributed by atoms with Crippen LogP contribution in [0.15, 0.2) is 0 Å². The molecule has 0 fully saturated rings. The van der Waals surface area contributed by atoms with E-state index >= 15 is 0 Å². The quantitative estimate of drug-likeness (QED) is 0.112. The molecule has 0 aliphatic carbocycles. The van der Waals surface area contributed by atoms with Crippen molar-refractivity contribution in [2.75, 3.05) is 37.9 Å². The Bertz CT molecular complexity index is 300. The van der Waals surface area contributed by atoms with Crippen molar-refractivity contribution in [2.45, 2.75) is 77.3 Å². The summed E-state index contributed by atoms with van der Waals surface area (Å²) < 4.78 is 23.3. The number of rotatable bonds is 20. The van der Waals surface area contributed by atoms with Crippen LogP contribution in [0.5, 0.6) is 0 Å². The summed E-state index contributed by atoms with van der Waals surface area (Å²) in [6.07, 6.45) is 2.54. The van der Waals surface area contributed by atoms with Crippen molar-refractivity contribution in [1.82, 2.24) is 0 Å². The molecule has 0 heterocycles. The van der Waals surface area contributed by atoms with E-state index in [4.69, 9.17) is 18.9 Å². The molecule has 0 radical (unpaired) electrons. The zero-order valence-electron chi connectivity index (χ0n) is 18.3. The fraction of sp³-hybridized carbons (Fsp3) is 1.00. The van der Waals surface area contributed by atoms with Crippen molar-refractivity contribution < 1.29 is 18.9 Å². The number of hydrogen-bond donors (Lipinski definition) is 0. The van der Waals surface area contributed by atoms with Crippen LogP contribution in [0.25, 0.3) is 0 Å².